The lowest BCUT2D eigenvalue weighted by Gasteiger charge is -2.11. The minimum Gasteiger partial charge on any atom is -0.478 e. The molecule has 4 aromatic carbocycles. The number of carboxylic acids is 1. The normalized spacial score (nSPS) is 10.7. The van der Waals surface area contributed by atoms with Gasteiger partial charge >= 0.3 is 5.97 Å². The lowest BCUT2D eigenvalue weighted by Crippen LogP contribution is -2.13. The number of thioether (sulfide) groups is 1. The summed E-state index contributed by atoms with van der Waals surface area (Å²) in [5.41, 5.74) is 1.61. The molecule has 0 atom stereocenters. The molecule has 0 saturated heterocycles. The van der Waals surface area contributed by atoms with E-state index in [1.54, 1.807) is 54.6 Å². The average Bonchev–Trinajstić information content (AvgIpc) is 2.83. The van der Waals surface area contributed by atoms with Crippen LogP contribution in [0.15, 0.2) is 94.3 Å². The third kappa shape index (κ3) is 5.32. The van der Waals surface area contributed by atoms with Crippen LogP contribution in [0.1, 0.15) is 31.1 Å². The molecule has 0 unspecified atom stereocenters. The second-order valence-corrected chi connectivity index (χ2v) is 9.18. The number of carbonyl (C=O) groups is 3. The molecule has 1 amide bonds. The Bertz CT molecular complexity index is 1350. The van der Waals surface area contributed by atoms with Crippen LogP contribution in [0.4, 0.5) is 5.69 Å². The summed E-state index contributed by atoms with van der Waals surface area (Å²) in [6.45, 7) is 0. The molecule has 164 valence electrons. The zero-order valence-electron chi connectivity index (χ0n) is 17.2. The largest absolute Gasteiger partial charge is 0.478 e. The fourth-order valence-corrected chi connectivity index (χ4v) is 4.47. The number of halogens is 1. The number of fused-ring (bicyclic) bond motifs is 1. The van der Waals surface area contributed by atoms with E-state index in [-0.39, 0.29) is 17.3 Å². The highest BCUT2D eigenvalue weighted by molar-refractivity contribution is 9.10. The van der Waals surface area contributed by atoms with E-state index in [0.717, 1.165) is 9.37 Å². The summed E-state index contributed by atoms with van der Waals surface area (Å²) in [6.07, 6.45) is 0. The van der Waals surface area contributed by atoms with Gasteiger partial charge in [0.25, 0.3) is 5.91 Å². The second-order valence-electron chi connectivity index (χ2n) is 7.21. The van der Waals surface area contributed by atoms with Crippen molar-refractivity contribution in [3.05, 3.63) is 106 Å². The van der Waals surface area contributed by atoms with Crippen molar-refractivity contribution in [2.75, 3.05) is 11.1 Å². The summed E-state index contributed by atoms with van der Waals surface area (Å²) >= 11 is 4.78. The molecule has 5 nitrogen and oxygen atoms in total. The number of carbonyl (C=O) groups excluding carboxylic acids is 2. The highest BCUT2D eigenvalue weighted by Gasteiger charge is 2.16. The zero-order chi connectivity index (χ0) is 23.4. The fourth-order valence-electron chi connectivity index (χ4n) is 3.41. The molecule has 0 bridgehead atoms. The third-order valence-electron chi connectivity index (χ3n) is 5.03. The van der Waals surface area contributed by atoms with E-state index >= 15 is 0 Å². The maximum Gasteiger partial charge on any atom is 0.336 e. The van der Waals surface area contributed by atoms with Crippen molar-refractivity contribution in [3.8, 4) is 0 Å². The summed E-state index contributed by atoms with van der Waals surface area (Å²) in [5, 5.41) is 13.4. The molecule has 0 aliphatic heterocycles. The number of hydrogen-bond donors (Lipinski definition) is 2. The minimum absolute atomic E-state index is 0.0371. The highest BCUT2D eigenvalue weighted by atomic mass is 79.9. The van der Waals surface area contributed by atoms with Crippen molar-refractivity contribution < 1.29 is 19.5 Å². The molecule has 0 fully saturated rings. The van der Waals surface area contributed by atoms with Gasteiger partial charge in [0.1, 0.15) is 0 Å². The number of benzene rings is 4. The average molecular weight is 520 g/mol. The van der Waals surface area contributed by atoms with Gasteiger partial charge in [-0.25, -0.2) is 4.79 Å². The fraction of sp³-hybridized carbons (Fsp3) is 0.0385. The Balaban J connectivity index is 1.45. The van der Waals surface area contributed by atoms with E-state index < -0.39 is 5.97 Å². The quantitative estimate of drug-likeness (QED) is 0.214. The van der Waals surface area contributed by atoms with E-state index in [1.807, 2.05) is 24.3 Å². The van der Waals surface area contributed by atoms with E-state index in [9.17, 15) is 19.5 Å². The van der Waals surface area contributed by atoms with Gasteiger partial charge in [-0.1, -0.05) is 52.3 Å². The maximum atomic E-state index is 12.9. The van der Waals surface area contributed by atoms with Crippen LogP contribution < -0.4 is 5.32 Å². The first-order valence-corrected chi connectivity index (χ1v) is 11.8. The Morgan fingerprint density at radius 2 is 1.45 bits per heavy atom. The Labute approximate surface area is 203 Å². The smallest absolute Gasteiger partial charge is 0.336 e. The molecule has 0 heterocycles. The number of rotatable bonds is 7. The number of Topliss-reactive ketones (excluding diaryl/α,β-unsaturated/α-hetero) is 1. The maximum absolute atomic E-state index is 12.9. The third-order valence-corrected chi connectivity index (χ3v) is 6.57. The van der Waals surface area contributed by atoms with Crippen molar-refractivity contribution >= 4 is 61.8 Å². The van der Waals surface area contributed by atoms with Gasteiger partial charge < -0.3 is 10.4 Å². The number of anilines is 1. The summed E-state index contributed by atoms with van der Waals surface area (Å²) in [6, 6.07) is 24.5. The van der Waals surface area contributed by atoms with Gasteiger partial charge in [-0.05, 0) is 53.9 Å². The molecule has 0 radical (unpaired) electrons. The van der Waals surface area contributed by atoms with Gasteiger partial charge in [0.05, 0.1) is 11.3 Å². The standard InChI is InChI=1S/C26H18BrNO4S/c27-18-9-7-16(8-10-18)23(29)15-33-20-13-11-19(12-14-20)28-25(30)21-5-1-3-17-4-2-6-22(24(17)21)26(31)32/h1-14H,15H2,(H,28,30)(H,31,32). The van der Waals surface area contributed by atoms with Crippen LogP contribution in [0.3, 0.4) is 0 Å². The van der Waals surface area contributed by atoms with E-state index in [2.05, 4.69) is 21.2 Å². The van der Waals surface area contributed by atoms with E-state index in [0.29, 0.717) is 33.3 Å². The van der Waals surface area contributed by atoms with Crippen LogP contribution >= 0.6 is 27.7 Å². The van der Waals surface area contributed by atoms with E-state index in [1.165, 1.54) is 17.8 Å². The summed E-state index contributed by atoms with van der Waals surface area (Å²) in [5.74, 6) is -1.13. The van der Waals surface area contributed by atoms with Crippen LogP contribution in [-0.4, -0.2) is 28.5 Å². The number of amides is 1. The number of ketones is 1. The van der Waals surface area contributed by atoms with Gasteiger partial charge in [-0.15, -0.1) is 11.8 Å². The van der Waals surface area contributed by atoms with Crippen LogP contribution in [0, 0.1) is 0 Å². The molecule has 0 saturated carbocycles. The molecule has 7 heteroatoms. The van der Waals surface area contributed by atoms with Gasteiger partial charge in [0, 0.05) is 31.6 Å². The predicted octanol–water partition coefficient (Wildman–Crippen LogP) is 6.53. The predicted molar refractivity (Wildman–Crippen MR) is 134 cm³/mol. The first-order chi connectivity index (χ1) is 15.9. The van der Waals surface area contributed by atoms with Crippen molar-refractivity contribution in [1.82, 2.24) is 0 Å². The summed E-state index contributed by atoms with van der Waals surface area (Å²) in [4.78, 5) is 37.8. The van der Waals surface area contributed by atoms with Crippen molar-refractivity contribution in [3.63, 3.8) is 0 Å². The first-order valence-electron chi connectivity index (χ1n) is 10.0. The Kier molecular flexibility index (Phi) is 6.91. The van der Waals surface area contributed by atoms with Crippen LogP contribution in [0.5, 0.6) is 0 Å². The Morgan fingerprint density at radius 1 is 0.818 bits per heavy atom. The first kappa shape index (κ1) is 22.8. The molecule has 0 spiro atoms. The molecule has 4 aromatic rings. The number of carboxylic acid groups (broad SMARTS) is 1. The molecule has 4 rings (SSSR count). The van der Waals surface area contributed by atoms with Gasteiger partial charge in [-0.2, -0.15) is 0 Å². The van der Waals surface area contributed by atoms with Crippen molar-refractivity contribution in [2.24, 2.45) is 0 Å². The topological polar surface area (TPSA) is 83.5 Å². The van der Waals surface area contributed by atoms with Crippen LogP contribution in [-0.2, 0) is 0 Å². The molecule has 33 heavy (non-hydrogen) atoms. The summed E-state index contributed by atoms with van der Waals surface area (Å²) in [7, 11) is 0. The second kappa shape index (κ2) is 10.0. The minimum atomic E-state index is -1.08. The van der Waals surface area contributed by atoms with Gasteiger partial charge in [-0.3, -0.25) is 9.59 Å². The molecular weight excluding hydrogens is 502 g/mol. The number of hydrogen-bond acceptors (Lipinski definition) is 4. The monoisotopic (exact) mass is 519 g/mol. The lowest BCUT2D eigenvalue weighted by molar-refractivity contribution is 0.0698. The van der Waals surface area contributed by atoms with Gasteiger partial charge in [0.2, 0.25) is 0 Å². The van der Waals surface area contributed by atoms with Crippen molar-refractivity contribution in [1.29, 1.82) is 0 Å². The van der Waals surface area contributed by atoms with Gasteiger partial charge in [0.15, 0.2) is 5.78 Å². The lowest BCUT2D eigenvalue weighted by atomic mass is 9.98. The van der Waals surface area contributed by atoms with Crippen LogP contribution in [0.25, 0.3) is 10.8 Å². The molecule has 2 N–H and O–H groups in total. The van der Waals surface area contributed by atoms with Crippen LogP contribution in [0.2, 0.25) is 0 Å². The molecule has 0 aliphatic rings. The van der Waals surface area contributed by atoms with E-state index in [4.69, 9.17) is 0 Å². The molecular formula is C26H18BrNO4S. The van der Waals surface area contributed by atoms with Crippen molar-refractivity contribution in [2.45, 2.75) is 4.90 Å². The Morgan fingerprint density at radius 3 is 2.09 bits per heavy atom. The number of aromatic carboxylic acids is 1. The summed E-state index contributed by atoms with van der Waals surface area (Å²) < 4.78 is 0.923. The molecule has 0 aromatic heterocycles. The SMILES string of the molecule is O=C(CSc1ccc(NC(=O)c2cccc3cccc(C(=O)O)c23)cc1)c1ccc(Br)cc1. The Hall–Kier alpha value is -3.42. The molecule has 0 aliphatic carbocycles. The zero-order valence-corrected chi connectivity index (χ0v) is 19.7. The number of nitrogens with one attached hydrogen (secondary N) is 1. The highest BCUT2D eigenvalue weighted by Crippen LogP contribution is 2.26.